The molecule has 1 saturated heterocycles. The number of fused-ring (bicyclic) bond motifs is 1. The molecule has 0 aromatic heterocycles. The fraction of sp³-hybridized carbons (Fsp3) is 0.200. The summed E-state index contributed by atoms with van der Waals surface area (Å²) in [6, 6.07) is 11.4. The molecule has 0 spiro atoms. The zero-order valence-corrected chi connectivity index (χ0v) is 16.0. The summed E-state index contributed by atoms with van der Waals surface area (Å²) in [6.45, 7) is 2.21. The van der Waals surface area contributed by atoms with E-state index >= 15 is 0 Å². The Balaban J connectivity index is 1.67. The van der Waals surface area contributed by atoms with Crippen LogP contribution in [0.1, 0.15) is 11.1 Å². The van der Waals surface area contributed by atoms with E-state index in [0.29, 0.717) is 27.3 Å². The summed E-state index contributed by atoms with van der Waals surface area (Å²) >= 11 is 1.33. The smallest absolute Gasteiger partial charge is 0.266 e. The second-order valence-electron chi connectivity index (χ2n) is 6.15. The number of hydrogen-bond donors (Lipinski definition) is 0. The summed E-state index contributed by atoms with van der Waals surface area (Å²) < 4.78 is 16.2. The fourth-order valence-electron chi connectivity index (χ4n) is 2.75. The lowest BCUT2D eigenvalue weighted by Crippen LogP contribution is -2.23. The first-order valence-corrected chi connectivity index (χ1v) is 9.17. The molecule has 2 aliphatic rings. The highest BCUT2D eigenvalue weighted by atomic mass is 32.2. The van der Waals surface area contributed by atoms with Gasteiger partial charge in [-0.25, -0.2) is 4.99 Å². The largest absolute Gasteiger partial charge is 0.496 e. The third-order valence-electron chi connectivity index (χ3n) is 4.27. The van der Waals surface area contributed by atoms with Crippen LogP contribution in [-0.4, -0.2) is 36.9 Å². The summed E-state index contributed by atoms with van der Waals surface area (Å²) in [7, 11) is 3.31. The summed E-state index contributed by atoms with van der Waals surface area (Å²) in [5, 5.41) is 0.634. The maximum absolute atomic E-state index is 12.7. The number of rotatable bonds is 3. The SMILES string of the molecule is COc1cc2c(cc1/C=C1\SC(=Nc3ccc(C)cc3)N(C)C1=O)OCO2. The van der Waals surface area contributed by atoms with Crippen LogP contribution in [-0.2, 0) is 4.79 Å². The van der Waals surface area contributed by atoms with Gasteiger partial charge < -0.3 is 14.2 Å². The number of thioether (sulfide) groups is 1. The minimum absolute atomic E-state index is 0.106. The molecule has 0 aliphatic carbocycles. The maximum atomic E-state index is 12.7. The molecule has 0 N–H and O–H groups in total. The van der Waals surface area contributed by atoms with E-state index < -0.39 is 0 Å². The quantitative estimate of drug-likeness (QED) is 0.752. The molecule has 2 heterocycles. The summed E-state index contributed by atoms with van der Waals surface area (Å²) in [5.74, 6) is 1.79. The van der Waals surface area contributed by atoms with Gasteiger partial charge >= 0.3 is 0 Å². The normalized spacial score (nSPS) is 18.6. The van der Waals surface area contributed by atoms with Gasteiger partial charge in [0, 0.05) is 18.7 Å². The van der Waals surface area contributed by atoms with Gasteiger partial charge in [-0.2, -0.15) is 0 Å². The van der Waals surface area contributed by atoms with Crippen molar-refractivity contribution in [1.29, 1.82) is 0 Å². The molecule has 2 aliphatic heterocycles. The van der Waals surface area contributed by atoms with E-state index in [2.05, 4.69) is 4.99 Å². The molecule has 6 nitrogen and oxygen atoms in total. The molecule has 27 heavy (non-hydrogen) atoms. The standard InChI is InChI=1S/C20H18N2O4S/c1-12-4-6-14(7-5-12)21-20-22(2)19(23)18(27-20)9-13-8-16-17(26-11-25-16)10-15(13)24-3/h4-10H,11H2,1-3H3/b18-9-,21-20?. The third-order valence-corrected chi connectivity index (χ3v) is 5.33. The number of hydrogen-bond acceptors (Lipinski definition) is 6. The molecule has 1 fully saturated rings. The lowest BCUT2D eigenvalue weighted by molar-refractivity contribution is -0.121. The highest BCUT2D eigenvalue weighted by Gasteiger charge is 2.31. The van der Waals surface area contributed by atoms with Gasteiger partial charge in [0.05, 0.1) is 17.7 Å². The minimum Gasteiger partial charge on any atom is -0.496 e. The number of likely N-dealkylation sites (N-methyl/N-ethyl adjacent to an activating group) is 1. The number of aliphatic imine (C=N–C) groups is 1. The van der Waals surface area contributed by atoms with Crippen LogP contribution in [0.15, 0.2) is 46.3 Å². The van der Waals surface area contributed by atoms with Crippen LogP contribution in [0, 0.1) is 6.92 Å². The maximum Gasteiger partial charge on any atom is 0.266 e. The zero-order valence-electron chi connectivity index (χ0n) is 15.2. The van der Waals surface area contributed by atoms with E-state index in [0.717, 1.165) is 16.8 Å². The number of aryl methyl sites for hydroxylation is 1. The van der Waals surface area contributed by atoms with Crippen LogP contribution in [0.25, 0.3) is 6.08 Å². The predicted molar refractivity (Wildman–Crippen MR) is 106 cm³/mol. The van der Waals surface area contributed by atoms with Crippen molar-refractivity contribution in [2.24, 2.45) is 4.99 Å². The van der Waals surface area contributed by atoms with Crippen molar-refractivity contribution >= 4 is 34.6 Å². The average Bonchev–Trinajstić information content (AvgIpc) is 3.23. The molecule has 138 valence electrons. The van der Waals surface area contributed by atoms with Crippen molar-refractivity contribution < 1.29 is 19.0 Å². The first-order chi connectivity index (χ1) is 13.0. The molecule has 0 bridgehead atoms. The Morgan fingerprint density at radius 3 is 2.59 bits per heavy atom. The van der Waals surface area contributed by atoms with Crippen molar-refractivity contribution in [3.63, 3.8) is 0 Å². The number of carbonyl (C=O) groups excluding carboxylic acids is 1. The highest BCUT2D eigenvalue weighted by molar-refractivity contribution is 8.18. The van der Waals surface area contributed by atoms with Crippen LogP contribution in [0.2, 0.25) is 0 Å². The van der Waals surface area contributed by atoms with Gasteiger partial charge in [-0.15, -0.1) is 0 Å². The Kier molecular flexibility index (Phi) is 4.53. The molecule has 0 radical (unpaired) electrons. The number of nitrogens with zero attached hydrogens (tertiary/aromatic N) is 2. The predicted octanol–water partition coefficient (Wildman–Crippen LogP) is 3.97. The van der Waals surface area contributed by atoms with Crippen molar-refractivity contribution in [1.82, 2.24) is 4.90 Å². The highest BCUT2D eigenvalue weighted by Crippen LogP contribution is 2.41. The van der Waals surface area contributed by atoms with Crippen LogP contribution >= 0.6 is 11.8 Å². The van der Waals surface area contributed by atoms with Gasteiger partial charge in [-0.05, 0) is 43.0 Å². The van der Waals surface area contributed by atoms with E-state index in [-0.39, 0.29) is 12.7 Å². The number of ether oxygens (including phenoxy) is 3. The lowest BCUT2D eigenvalue weighted by atomic mass is 10.1. The van der Waals surface area contributed by atoms with Gasteiger partial charge in [0.2, 0.25) is 6.79 Å². The molecule has 0 unspecified atom stereocenters. The molecular formula is C20H18N2O4S. The van der Waals surface area contributed by atoms with Crippen LogP contribution in [0.4, 0.5) is 5.69 Å². The van der Waals surface area contributed by atoms with Crippen LogP contribution < -0.4 is 14.2 Å². The Morgan fingerprint density at radius 2 is 1.89 bits per heavy atom. The molecule has 2 aromatic carbocycles. The number of carbonyl (C=O) groups is 1. The fourth-order valence-corrected chi connectivity index (χ4v) is 3.73. The van der Waals surface area contributed by atoms with E-state index in [1.807, 2.05) is 37.3 Å². The minimum atomic E-state index is -0.106. The Hall–Kier alpha value is -2.93. The van der Waals surface area contributed by atoms with Crippen LogP contribution in [0.5, 0.6) is 17.2 Å². The molecule has 4 rings (SSSR count). The summed E-state index contributed by atoms with van der Waals surface area (Å²) in [5.41, 5.74) is 2.73. The molecule has 7 heteroatoms. The van der Waals surface area contributed by atoms with Crippen molar-refractivity contribution in [3.05, 3.63) is 52.4 Å². The molecule has 0 atom stereocenters. The summed E-state index contributed by atoms with van der Waals surface area (Å²) in [4.78, 5) is 19.4. The van der Waals surface area contributed by atoms with Gasteiger partial charge in [0.15, 0.2) is 16.7 Å². The van der Waals surface area contributed by atoms with Crippen molar-refractivity contribution in [2.75, 3.05) is 21.0 Å². The number of benzene rings is 2. The monoisotopic (exact) mass is 382 g/mol. The Bertz CT molecular complexity index is 967. The van der Waals surface area contributed by atoms with E-state index in [9.17, 15) is 4.79 Å². The molecule has 1 amide bonds. The number of amides is 1. The second kappa shape index (κ2) is 7.00. The third kappa shape index (κ3) is 3.38. The first-order valence-electron chi connectivity index (χ1n) is 8.36. The van der Waals surface area contributed by atoms with Crippen molar-refractivity contribution in [3.8, 4) is 17.2 Å². The lowest BCUT2D eigenvalue weighted by Gasteiger charge is -2.08. The Labute approximate surface area is 161 Å². The zero-order chi connectivity index (χ0) is 19.0. The summed E-state index contributed by atoms with van der Waals surface area (Å²) in [6.07, 6.45) is 1.79. The average molecular weight is 382 g/mol. The molecular weight excluding hydrogens is 364 g/mol. The van der Waals surface area contributed by atoms with Crippen molar-refractivity contribution in [2.45, 2.75) is 6.92 Å². The number of amidine groups is 1. The van der Waals surface area contributed by atoms with Gasteiger partial charge in [-0.1, -0.05) is 17.7 Å². The van der Waals surface area contributed by atoms with Gasteiger partial charge in [-0.3, -0.25) is 9.69 Å². The molecule has 0 saturated carbocycles. The van der Waals surface area contributed by atoms with Crippen LogP contribution in [0.3, 0.4) is 0 Å². The van der Waals surface area contributed by atoms with E-state index in [1.165, 1.54) is 11.8 Å². The van der Waals surface area contributed by atoms with E-state index in [1.54, 1.807) is 31.2 Å². The first kappa shape index (κ1) is 17.5. The van der Waals surface area contributed by atoms with E-state index in [4.69, 9.17) is 14.2 Å². The number of methoxy groups -OCH3 is 1. The van der Waals surface area contributed by atoms with Gasteiger partial charge in [0.25, 0.3) is 5.91 Å². The second-order valence-corrected chi connectivity index (χ2v) is 7.16. The van der Waals surface area contributed by atoms with Gasteiger partial charge in [0.1, 0.15) is 5.75 Å². The Morgan fingerprint density at radius 1 is 1.19 bits per heavy atom. The topological polar surface area (TPSA) is 60.4 Å². The molecule has 2 aromatic rings.